The summed E-state index contributed by atoms with van der Waals surface area (Å²) in [6, 6.07) is 12.2. The molecule has 4 aliphatic carbocycles. The third-order valence-corrected chi connectivity index (χ3v) is 43.0. The molecule has 0 spiro atoms. The predicted octanol–water partition coefficient (Wildman–Crippen LogP) is 8.15. The van der Waals surface area contributed by atoms with Crippen molar-refractivity contribution >= 4 is 35.0 Å². The van der Waals surface area contributed by atoms with Gasteiger partial charge in [-0.15, -0.1) is 24.8 Å². The summed E-state index contributed by atoms with van der Waals surface area (Å²) < 4.78 is 5.89. The normalized spacial score (nSPS) is 20.0. The van der Waals surface area contributed by atoms with Crippen molar-refractivity contribution in [2.24, 2.45) is 0 Å². The first-order valence-corrected chi connectivity index (χ1v) is 24.4. The SMILES string of the molecule is Cc1ccc2c(c1)Cc1c-2ccc(C)[c]1[Zr](=[SiH2])([C]1=CC=CC1)([CH]1CCCC1)[CH]1CCCC1.Cl.Cl. The Morgan fingerprint density at radius 2 is 1.44 bits per heavy atom. The molecule has 2 aromatic carbocycles. The minimum absolute atomic E-state index is 0. The van der Waals surface area contributed by atoms with Crippen molar-refractivity contribution in [1.29, 1.82) is 0 Å². The number of benzene rings is 2. The molecule has 4 aliphatic rings. The van der Waals surface area contributed by atoms with E-state index in [-0.39, 0.29) is 24.8 Å². The van der Waals surface area contributed by atoms with E-state index in [2.05, 4.69) is 69.3 Å². The van der Waals surface area contributed by atoms with E-state index in [4.69, 9.17) is 0 Å². The van der Waals surface area contributed by atoms with Crippen molar-refractivity contribution in [3.05, 3.63) is 74.1 Å². The van der Waals surface area contributed by atoms with Crippen molar-refractivity contribution < 1.29 is 17.4 Å². The second kappa shape index (κ2) is 9.81. The van der Waals surface area contributed by atoms with Crippen LogP contribution in [0.1, 0.15) is 80.0 Å². The Morgan fingerprint density at radius 3 is 2.03 bits per heavy atom. The molecule has 0 amide bonds. The summed E-state index contributed by atoms with van der Waals surface area (Å²) in [5.74, 6) is 0. The molecule has 0 saturated heterocycles. The van der Waals surface area contributed by atoms with Gasteiger partial charge in [-0.05, 0) is 0 Å². The van der Waals surface area contributed by atoms with E-state index in [1.54, 1.807) is 22.3 Å². The van der Waals surface area contributed by atoms with E-state index in [1.807, 2.05) is 6.55 Å². The number of aryl methyl sites for hydroxylation is 2. The van der Waals surface area contributed by atoms with Gasteiger partial charge in [0.15, 0.2) is 0 Å². The third kappa shape index (κ3) is 3.60. The Hall–Kier alpha value is -0.400. The summed E-state index contributed by atoms with van der Waals surface area (Å²) in [7, 11) is 0. The first kappa shape index (κ1) is 26.7. The molecule has 0 N–H and O–H groups in total. The maximum absolute atomic E-state index is 3.59. The number of hydrogen-bond acceptors (Lipinski definition) is 0. The molecule has 0 unspecified atom stereocenters. The van der Waals surface area contributed by atoms with Crippen LogP contribution in [-0.4, -0.2) is 6.88 Å². The number of allylic oxidation sites excluding steroid dienone is 4. The van der Waals surface area contributed by atoms with Gasteiger partial charge in [0.05, 0.1) is 0 Å². The minimum atomic E-state index is -3.59. The number of halogens is 2. The van der Waals surface area contributed by atoms with Crippen LogP contribution < -0.4 is 3.27 Å². The molecule has 0 atom stereocenters. The monoisotopic (exact) mass is 588 g/mol. The van der Waals surface area contributed by atoms with Crippen LogP contribution in [0.2, 0.25) is 7.25 Å². The average Bonchev–Trinajstić information content (AvgIpc) is 3.59. The summed E-state index contributed by atoms with van der Waals surface area (Å²) in [6.07, 6.45) is 21.8. The third-order valence-electron chi connectivity index (χ3n) is 10.1. The number of hydrogen-bond donors (Lipinski definition) is 0. The molecule has 2 aromatic rings. The van der Waals surface area contributed by atoms with Crippen molar-refractivity contribution in [1.82, 2.24) is 0 Å². The van der Waals surface area contributed by atoms with Gasteiger partial charge in [-0.25, -0.2) is 0 Å². The first-order chi connectivity index (χ1) is 15.5. The number of fused-ring (bicyclic) bond motifs is 3. The minimum Gasteiger partial charge on any atom is -0.147 e. The standard InChI is InChI=1S/C15H13.2C5H9.C5H5.2ClH.H2Si.Zr/c1-10-3-5-14-12(7-10)9-13-8-11(2)4-6-15(13)14;3*1-2-4-5-3-1;;;;/h3-7H,9H2,1-2H3;2*1H,2-5H2;1-3H,4H2;2*1H;1H2;. The molecule has 0 radical (unpaired) electrons. The molecule has 0 nitrogen and oxygen atoms in total. The molecule has 4 heteroatoms. The summed E-state index contributed by atoms with van der Waals surface area (Å²) in [6.45, 7) is 7.41. The quantitative estimate of drug-likeness (QED) is 0.269. The van der Waals surface area contributed by atoms with Gasteiger partial charge in [0.2, 0.25) is 0 Å². The maximum Gasteiger partial charge on any atom is -0.147 e. The zero-order valence-corrected chi connectivity index (χ0v) is 26.4. The Morgan fingerprint density at radius 1 is 0.824 bits per heavy atom. The van der Waals surface area contributed by atoms with Crippen LogP contribution in [-0.2, 0) is 23.8 Å². The zero-order valence-electron chi connectivity index (χ0n) is 20.9. The Balaban J connectivity index is 0.00000137. The van der Waals surface area contributed by atoms with Crippen LogP contribution in [0.5, 0.6) is 0 Å². The van der Waals surface area contributed by atoms with Crippen LogP contribution in [0.3, 0.4) is 0 Å². The predicted molar refractivity (Wildman–Crippen MR) is 153 cm³/mol. The molecular formula is C30H40Cl2SiZr. The molecule has 2 fully saturated rings. The van der Waals surface area contributed by atoms with Gasteiger partial charge in [0.1, 0.15) is 0 Å². The summed E-state index contributed by atoms with van der Waals surface area (Å²) in [5, 5.41) is 0. The second-order valence-corrected chi connectivity index (χ2v) is 35.4. The molecule has 6 rings (SSSR count). The van der Waals surface area contributed by atoms with E-state index in [9.17, 15) is 0 Å². The van der Waals surface area contributed by atoms with Crippen molar-refractivity contribution in [3.63, 3.8) is 0 Å². The second-order valence-electron chi connectivity index (χ2n) is 11.5. The molecule has 34 heavy (non-hydrogen) atoms. The fourth-order valence-electron chi connectivity index (χ4n) is 8.83. The van der Waals surface area contributed by atoms with Gasteiger partial charge in [0.25, 0.3) is 0 Å². The van der Waals surface area contributed by atoms with Crippen molar-refractivity contribution in [2.75, 3.05) is 0 Å². The Bertz CT molecular complexity index is 1210. The van der Waals surface area contributed by atoms with E-state index < -0.39 is 17.4 Å². The van der Waals surface area contributed by atoms with Crippen LogP contribution in [0.25, 0.3) is 11.1 Å². The number of rotatable bonds is 4. The van der Waals surface area contributed by atoms with Gasteiger partial charge in [-0.3, -0.25) is 0 Å². The summed E-state index contributed by atoms with van der Waals surface area (Å²) in [4.78, 5) is 0. The molecule has 2 saturated carbocycles. The van der Waals surface area contributed by atoms with Crippen LogP contribution >= 0.6 is 24.8 Å². The van der Waals surface area contributed by atoms with Gasteiger partial charge in [0, 0.05) is 0 Å². The van der Waals surface area contributed by atoms with E-state index >= 15 is 0 Å². The zero-order chi connectivity index (χ0) is 21.9. The fraction of sp³-hybridized carbons (Fsp3) is 0.467. The van der Waals surface area contributed by atoms with Crippen LogP contribution in [0.15, 0.2) is 51.8 Å². The van der Waals surface area contributed by atoms with Crippen molar-refractivity contribution in [2.45, 2.75) is 85.3 Å². The molecule has 0 heterocycles. The summed E-state index contributed by atoms with van der Waals surface area (Å²) >= 11 is -3.59. The topological polar surface area (TPSA) is 0 Å². The van der Waals surface area contributed by atoms with E-state index in [1.165, 1.54) is 75.3 Å². The van der Waals surface area contributed by atoms with Gasteiger partial charge >= 0.3 is 198 Å². The smallest absolute Gasteiger partial charge is 0.147 e. The molecule has 0 aliphatic heterocycles. The van der Waals surface area contributed by atoms with Crippen LogP contribution in [0, 0.1) is 13.8 Å². The molecule has 182 valence electrons. The van der Waals surface area contributed by atoms with E-state index in [0.29, 0.717) is 0 Å². The average molecular weight is 591 g/mol. The Kier molecular flexibility index (Phi) is 7.69. The largest absolute Gasteiger partial charge is 0.147 e. The van der Waals surface area contributed by atoms with E-state index in [0.717, 1.165) is 7.25 Å². The van der Waals surface area contributed by atoms with Crippen molar-refractivity contribution in [3.8, 4) is 11.1 Å². The van der Waals surface area contributed by atoms with Gasteiger partial charge < -0.3 is 0 Å². The van der Waals surface area contributed by atoms with Gasteiger partial charge in [-0.2, -0.15) is 0 Å². The van der Waals surface area contributed by atoms with Crippen LogP contribution in [0.4, 0.5) is 0 Å². The molecular weight excluding hydrogens is 551 g/mol. The van der Waals surface area contributed by atoms with Gasteiger partial charge in [-0.1, -0.05) is 0 Å². The maximum atomic E-state index is 2.67. The summed E-state index contributed by atoms with van der Waals surface area (Å²) in [5.41, 5.74) is 9.49. The first-order valence-electron chi connectivity index (χ1n) is 13.1. The molecule has 0 aromatic heterocycles. The Labute approximate surface area is 221 Å². The molecule has 0 bridgehead atoms. The fourth-order valence-corrected chi connectivity index (χ4v) is 41.1.